The van der Waals surface area contributed by atoms with E-state index in [1.54, 1.807) is 24.1 Å². The Balaban J connectivity index is 2.33. The lowest BCUT2D eigenvalue weighted by atomic mass is 10.3. The lowest BCUT2D eigenvalue weighted by Crippen LogP contribution is -2.18. The van der Waals surface area contributed by atoms with Gasteiger partial charge in [0.2, 0.25) is 0 Å². The maximum atomic E-state index is 5.89. The van der Waals surface area contributed by atoms with Crippen LogP contribution in [0.1, 0.15) is 17.7 Å². The summed E-state index contributed by atoms with van der Waals surface area (Å²) in [7, 11) is 1.80. The topological polar surface area (TPSA) is 85.4 Å². The van der Waals surface area contributed by atoms with Crippen molar-refractivity contribution in [1.29, 1.82) is 0 Å². The molecule has 0 spiro atoms. The number of nitrogens with zero attached hydrogens (tertiary/aromatic N) is 4. The van der Waals surface area contributed by atoms with Gasteiger partial charge in [-0.15, -0.1) is 0 Å². The molecule has 1 unspecified atom stereocenters. The first-order valence-corrected chi connectivity index (χ1v) is 3.88. The van der Waals surface area contributed by atoms with Crippen molar-refractivity contribution in [3.05, 3.63) is 30.4 Å². The van der Waals surface area contributed by atoms with E-state index < -0.39 is 0 Å². The molecule has 68 valence electrons. The fraction of sp³-hybridized carbons (Fsp3) is 0.286. The molecule has 0 bridgehead atoms. The van der Waals surface area contributed by atoms with Crippen LogP contribution in [0.3, 0.4) is 0 Å². The minimum atomic E-state index is -0.345. The zero-order chi connectivity index (χ0) is 9.26. The maximum absolute atomic E-state index is 5.89. The number of aryl methyl sites for hydroxylation is 1. The van der Waals surface area contributed by atoms with Crippen LogP contribution in [0.2, 0.25) is 0 Å². The molecular weight excluding hydrogens is 168 g/mol. The van der Waals surface area contributed by atoms with Gasteiger partial charge in [0.1, 0.15) is 18.2 Å². The van der Waals surface area contributed by atoms with E-state index in [1.807, 2.05) is 0 Å². The molecule has 6 nitrogen and oxygen atoms in total. The van der Waals surface area contributed by atoms with E-state index in [1.165, 1.54) is 6.33 Å². The molecule has 2 aromatic rings. The lowest BCUT2D eigenvalue weighted by Gasteiger charge is -2.06. The van der Waals surface area contributed by atoms with Crippen molar-refractivity contribution in [2.24, 2.45) is 12.8 Å². The Morgan fingerprint density at radius 2 is 2.38 bits per heavy atom. The quantitative estimate of drug-likeness (QED) is 0.654. The van der Waals surface area contributed by atoms with Crippen LogP contribution in [0.4, 0.5) is 0 Å². The van der Waals surface area contributed by atoms with Gasteiger partial charge in [-0.2, -0.15) is 5.10 Å². The second kappa shape index (κ2) is 2.98. The predicted octanol–water partition coefficient (Wildman–Crippen LogP) is -0.414. The van der Waals surface area contributed by atoms with E-state index in [2.05, 4.69) is 20.1 Å². The number of hydrogen-bond donors (Lipinski definition) is 2. The highest BCUT2D eigenvalue weighted by molar-refractivity contribution is 5.07. The van der Waals surface area contributed by atoms with Crippen molar-refractivity contribution in [2.75, 3.05) is 0 Å². The fourth-order valence-electron chi connectivity index (χ4n) is 1.16. The Hall–Kier alpha value is -1.69. The summed E-state index contributed by atoms with van der Waals surface area (Å²) < 4.78 is 1.63. The van der Waals surface area contributed by atoms with Gasteiger partial charge in [-0.3, -0.25) is 4.68 Å². The van der Waals surface area contributed by atoms with Gasteiger partial charge >= 0.3 is 0 Å². The molecule has 3 N–H and O–H groups in total. The molecule has 0 aliphatic heterocycles. The molecule has 2 aromatic heterocycles. The Morgan fingerprint density at radius 3 is 2.92 bits per heavy atom. The van der Waals surface area contributed by atoms with Gasteiger partial charge in [0.05, 0.1) is 0 Å². The Kier molecular flexibility index (Phi) is 1.82. The van der Waals surface area contributed by atoms with E-state index in [0.717, 1.165) is 0 Å². The molecule has 0 saturated heterocycles. The van der Waals surface area contributed by atoms with E-state index in [0.29, 0.717) is 11.6 Å². The summed E-state index contributed by atoms with van der Waals surface area (Å²) in [5.41, 5.74) is 5.89. The normalized spacial score (nSPS) is 13.1. The largest absolute Gasteiger partial charge is 0.347 e. The SMILES string of the molecule is Cn1ncnc1C(N)c1ncc[nH]1. The monoisotopic (exact) mass is 178 g/mol. The van der Waals surface area contributed by atoms with Crippen molar-refractivity contribution in [2.45, 2.75) is 6.04 Å². The molecule has 0 aromatic carbocycles. The number of rotatable bonds is 2. The molecule has 0 fully saturated rings. The number of hydrogen-bond acceptors (Lipinski definition) is 4. The average Bonchev–Trinajstić information content (AvgIpc) is 2.72. The van der Waals surface area contributed by atoms with E-state index in [-0.39, 0.29) is 6.04 Å². The fourth-order valence-corrected chi connectivity index (χ4v) is 1.16. The third-order valence-electron chi connectivity index (χ3n) is 1.84. The highest BCUT2D eigenvalue weighted by Crippen LogP contribution is 2.11. The summed E-state index contributed by atoms with van der Waals surface area (Å²) in [4.78, 5) is 11.0. The number of aromatic nitrogens is 5. The van der Waals surface area contributed by atoms with E-state index >= 15 is 0 Å². The third-order valence-corrected chi connectivity index (χ3v) is 1.84. The molecule has 0 radical (unpaired) electrons. The van der Waals surface area contributed by atoms with Gasteiger partial charge in [0.25, 0.3) is 0 Å². The Labute approximate surface area is 74.8 Å². The zero-order valence-electron chi connectivity index (χ0n) is 7.18. The van der Waals surface area contributed by atoms with Crippen molar-refractivity contribution < 1.29 is 0 Å². The molecule has 13 heavy (non-hydrogen) atoms. The molecule has 2 heterocycles. The van der Waals surface area contributed by atoms with Crippen LogP contribution in [0.5, 0.6) is 0 Å². The van der Waals surface area contributed by atoms with Crippen LogP contribution >= 0.6 is 0 Å². The first kappa shape index (κ1) is 7.93. The molecule has 2 rings (SSSR count). The number of nitrogens with two attached hydrogens (primary N) is 1. The van der Waals surface area contributed by atoms with Crippen LogP contribution in [0, 0.1) is 0 Å². The van der Waals surface area contributed by atoms with Crippen LogP contribution in [0.15, 0.2) is 18.7 Å². The molecule has 1 atom stereocenters. The third kappa shape index (κ3) is 1.31. The molecule has 0 amide bonds. The van der Waals surface area contributed by atoms with Crippen molar-refractivity contribution in [3.8, 4) is 0 Å². The minimum Gasteiger partial charge on any atom is -0.347 e. The smallest absolute Gasteiger partial charge is 0.151 e. The second-order valence-electron chi connectivity index (χ2n) is 2.69. The summed E-state index contributed by atoms with van der Waals surface area (Å²) in [6.07, 6.45) is 4.86. The second-order valence-corrected chi connectivity index (χ2v) is 2.69. The van der Waals surface area contributed by atoms with Crippen molar-refractivity contribution in [1.82, 2.24) is 24.7 Å². The first-order chi connectivity index (χ1) is 6.29. The van der Waals surface area contributed by atoms with Gasteiger partial charge in [-0.1, -0.05) is 0 Å². The van der Waals surface area contributed by atoms with Gasteiger partial charge < -0.3 is 10.7 Å². The zero-order valence-corrected chi connectivity index (χ0v) is 7.18. The summed E-state index contributed by atoms with van der Waals surface area (Å²) >= 11 is 0. The van der Waals surface area contributed by atoms with Crippen molar-refractivity contribution in [3.63, 3.8) is 0 Å². The molecule has 6 heteroatoms. The summed E-state index contributed by atoms with van der Waals surface area (Å²) in [6, 6.07) is -0.345. The number of aromatic amines is 1. The molecular formula is C7H10N6. The maximum Gasteiger partial charge on any atom is 0.151 e. The molecule has 0 aliphatic carbocycles. The summed E-state index contributed by atoms with van der Waals surface area (Å²) in [5.74, 6) is 1.38. The highest BCUT2D eigenvalue weighted by atomic mass is 15.3. The number of nitrogens with one attached hydrogen (secondary N) is 1. The van der Waals surface area contributed by atoms with Crippen molar-refractivity contribution >= 4 is 0 Å². The van der Waals surface area contributed by atoms with Crippen LogP contribution in [-0.2, 0) is 7.05 Å². The van der Waals surface area contributed by atoms with Gasteiger partial charge in [0.15, 0.2) is 5.82 Å². The van der Waals surface area contributed by atoms with Gasteiger partial charge in [0, 0.05) is 19.4 Å². The highest BCUT2D eigenvalue weighted by Gasteiger charge is 2.15. The van der Waals surface area contributed by atoms with E-state index in [9.17, 15) is 0 Å². The Bertz CT molecular complexity index is 375. The van der Waals surface area contributed by atoms with Crippen LogP contribution in [-0.4, -0.2) is 24.7 Å². The summed E-state index contributed by atoms with van der Waals surface area (Å²) in [6.45, 7) is 0. The average molecular weight is 178 g/mol. The minimum absolute atomic E-state index is 0.345. The molecule has 0 saturated carbocycles. The van der Waals surface area contributed by atoms with Crippen LogP contribution < -0.4 is 5.73 Å². The van der Waals surface area contributed by atoms with E-state index in [4.69, 9.17) is 5.73 Å². The summed E-state index contributed by atoms with van der Waals surface area (Å²) in [5, 5.41) is 3.93. The number of imidazole rings is 1. The van der Waals surface area contributed by atoms with Gasteiger partial charge in [-0.25, -0.2) is 9.97 Å². The van der Waals surface area contributed by atoms with Gasteiger partial charge in [-0.05, 0) is 0 Å². The standard InChI is InChI=1S/C7H10N6/c1-13-7(11-4-12-13)5(8)6-9-2-3-10-6/h2-5H,8H2,1H3,(H,9,10). The first-order valence-electron chi connectivity index (χ1n) is 3.88. The number of H-pyrrole nitrogens is 1. The molecule has 0 aliphatic rings. The Morgan fingerprint density at radius 1 is 1.54 bits per heavy atom. The predicted molar refractivity (Wildman–Crippen MR) is 45.6 cm³/mol. The van der Waals surface area contributed by atoms with Crippen LogP contribution in [0.25, 0.3) is 0 Å². The lowest BCUT2D eigenvalue weighted by molar-refractivity contribution is 0.641.